The molecule has 0 amide bonds. The number of aromatic amines is 1. The molecule has 178 valence electrons. The van der Waals surface area contributed by atoms with Gasteiger partial charge in [-0.15, -0.1) is 0 Å². The van der Waals surface area contributed by atoms with E-state index in [0.717, 1.165) is 49.6 Å². The van der Waals surface area contributed by atoms with Crippen molar-refractivity contribution in [3.8, 4) is 5.75 Å². The number of rotatable bonds is 6. The molecule has 2 aromatic carbocycles. The molecule has 0 radical (unpaired) electrons. The number of carboxylic acids is 1. The van der Waals surface area contributed by atoms with E-state index in [4.69, 9.17) is 9.47 Å². The number of likely N-dealkylation sites (tertiary alicyclic amines) is 1. The number of piperidine rings is 1. The largest absolute Gasteiger partial charge is 0.493 e. The highest BCUT2D eigenvalue weighted by atomic mass is 16.5. The van der Waals surface area contributed by atoms with E-state index in [1.165, 1.54) is 34.9 Å². The van der Waals surface area contributed by atoms with Crippen LogP contribution in [0.1, 0.15) is 71.2 Å². The highest BCUT2D eigenvalue weighted by molar-refractivity contribution is 5.89. The summed E-state index contributed by atoms with van der Waals surface area (Å²) in [5, 5.41) is 10.6. The fourth-order valence-corrected chi connectivity index (χ4v) is 5.83. The lowest BCUT2D eigenvalue weighted by atomic mass is 9.86. The van der Waals surface area contributed by atoms with E-state index < -0.39 is 5.97 Å². The zero-order valence-electron chi connectivity index (χ0n) is 19.6. The lowest BCUT2D eigenvalue weighted by Gasteiger charge is -2.46. The fraction of sp³-hybridized carbons (Fsp3) is 0.464. The van der Waals surface area contributed by atoms with Gasteiger partial charge in [0.2, 0.25) is 0 Å². The number of benzene rings is 2. The Kier molecular flexibility index (Phi) is 5.58. The minimum Gasteiger partial charge on any atom is -0.493 e. The quantitative estimate of drug-likeness (QED) is 0.499. The van der Waals surface area contributed by atoms with Crippen molar-refractivity contribution in [2.75, 3.05) is 19.8 Å². The summed E-state index contributed by atoms with van der Waals surface area (Å²) in [4.78, 5) is 17.5. The maximum absolute atomic E-state index is 11.4. The third kappa shape index (κ3) is 3.99. The van der Waals surface area contributed by atoms with Gasteiger partial charge in [-0.3, -0.25) is 4.90 Å². The zero-order valence-corrected chi connectivity index (χ0v) is 19.6. The topological polar surface area (TPSA) is 74.8 Å². The molecule has 1 saturated carbocycles. The summed E-state index contributed by atoms with van der Waals surface area (Å²) in [6, 6.07) is 12.2. The molecule has 2 N–H and O–H groups in total. The predicted octanol–water partition coefficient (Wildman–Crippen LogP) is 5.63. The van der Waals surface area contributed by atoms with Crippen LogP contribution in [0.25, 0.3) is 10.9 Å². The van der Waals surface area contributed by atoms with Gasteiger partial charge in [-0.25, -0.2) is 4.79 Å². The first-order valence-electron chi connectivity index (χ1n) is 12.5. The maximum Gasteiger partial charge on any atom is 0.335 e. The van der Waals surface area contributed by atoms with Crippen molar-refractivity contribution in [2.45, 2.75) is 57.2 Å². The number of nitrogens with one attached hydrogen (secondary N) is 1. The van der Waals surface area contributed by atoms with Crippen LogP contribution in [0, 0.1) is 12.8 Å². The Balaban J connectivity index is 1.36. The lowest BCUT2D eigenvalue weighted by Crippen LogP contribution is -2.43. The summed E-state index contributed by atoms with van der Waals surface area (Å²) in [5.41, 5.74) is 5.15. The number of carbonyl (C=O) groups is 1. The Hall–Kier alpha value is -2.83. The zero-order chi connectivity index (χ0) is 23.2. The van der Waals surface area contributed by atoms with Gasteiger partial charge in [0.15, 0.2) is 0 Å². The molecule has 0 bridgehead atoms. The van der Waals surface area contributed by atoms with Crippen molar-refractivity contribution < 1.29 is 19.4 Å². The number of nitrogens with zero attached hydrogens (tertiary/aromatic N) is 1. The van der Waals surface area contributed by atoms with Crippen LogP contribution in [0.2, 0.25) is 0 Å². The molecule has 3 atom stereocenters. The number of carboxylic acid groups (broad SMARTS) is 1. The van der Waals surface area contributed by atoms with Gasteiger partial charge in [0.05, 0.1) is 18.3 Å². The molecule has 1 aliphatic carbocycles. The number of fused-ring (bicyclic) bond motifs is 3. The molecular weight excluding hydrogens is 428 g/mol. The van der Waals surface area contributed by atoms with Gasteiger partial charge in [0.1, 0.15) is 5.75 Å². The molecule has 6 nitrogen and oxygen atoms in total. The van der Waals surface area contributed by atoms with Gasteiger partial charge in [0, 0.05) is 54.3 Å². The second kappa shape index (κ2) is 8.75. The first-order chi connectivity index (χ1) is 16.6. The molecule has 1 saturated heterocycles. The first kappa shape index (κ1) is 21.7. The van der Waals surface area contributed by atoms with Crippen molar-refractivity contribution >= 4 is 16.9 Å². The summed E-state index contributed by atoms with van der Waals surface area (Å²) >= 11 is 0. The van der Waals surface area contributed by atoms with Gasteiger partial charge < -0.3 is 19.6 Å². The lowest BCUT2D eigenvalue weighted by molar-refractivity contribution is -0.0382. The fourth-order valence-electron chi connectivity index (χ4n) is 5.83. The van der Waals surface area contributed by atoms with Gasteiger partial charge in [0.25, 0.3) is 0 Å². The highest BCUT2D eigenvalue weighted by Gasteiger charge is 2.39. The van der Waals surface area contributed by atoms with Gasteiger partial charge in [-0.2, -0.15) is 0 Å². The average Bonchev–Trinajstić information content (AvgIpc) is 3.55. The highest BCUT2D eigenvalue weighted by Crippen LogP contribution is 2.47. The van der Waals surface area contributed by atoms with Crippen LogP contribution in [0.5, 0.6) is 5.75 Å². The molecular formula is C28H32N2O4. The second-order valence-electron chi connectivity index (χ2n) is 10.1. The third-order valence-corrected chi connectivity index (χ3v) is 7.83. The van der Waals surface area contributed by atoms with Crippen LogP contribution >= 0.6 is 0 Å². The maximum atomic E-state index is 11.4. The molecule has 6 heteroatoms. The number of aromatic carboxylic acids is 1. The van der Waals surface area contributed by atoms with Crippen LogP contribution < -0.4 is 4.74 Å². The van der Waals surface area contributed by atoms with Gasteiger partial charge in [-0.1, -0.05) is 12.1 Å². The molecule has 1 aromatic heterocycles. The molecule has 2 aliphatic heterocycles. The normalized spacial score (nSPS) is 25.1. The molecule has 3 aliphatic rings. The third-order valence-electron chi connectivity index (χ3n) is 7.83. The van der Waals surface area contributed by atoms with Crippen LogP contribution in [0.3, 0.4) is 0 Å². The molecule has 34 heavy (non-hydrogen) atoms. The van der Waals surface area contributed by atoms with E-state index in [1.54, 1.807) is 12.1 Å². The van der Waals surface area contributed by atoms with E-state index >= 15 is 0 Å². The Bertz CT molecular complexity index is 1200. The number of H-pyrrole nitrogens is 1. The Morgan fingerprint density at radius 3 is 2.74 bits per heavy atom. The number of hydrogen-bond acceptors (Lipinski definition) is 4. The summed E-state index contributed by atoms with van der Waals surface area (Å²) in [6.45, 7) is 4.65. The van der Waals surface area contributed by atoms with Crippen LogP contribution in [-0.4, -0.2) is 46.8 Å². The van der Waals surface area contributed by atoms with Crippen molar-refractivity contribution in [1.29, 1.82) is 0 Å². The minimum absolute atomic E-state index is 0.173. The standard InChI is InChI=1S/C28H32N2O4/c1-17-14-25-26(22-8-11-29-27(17)22)23(10-13-33-25)30-12-9-21(34-16-18-2-3-18)15-24(30)19-4-6-20(7-5-19)28(31)32/h4-8,11,14,18,21,23-24,29H,2-3,9-10,12-13,15-16H2,1H3,(H,31,32)/t21-,23?,24-/m0/s1. The van der Waals surface area contributed by atoms with E-state index in [0.29, 0.717) is 12.2 Å². The summed E-state index contributed by atoms with van der Waals surface area (Å²) in [6.07, 6.45) is 7.73. The molecule has 6 rings (SSSR count). The Labute approximate surface area is 199 Å². The summed E-state index contributed by atoms with van der Waals surface area (Å²) < 4.78 is 12.5. The SMILES string of the molecule is Cc1cc2c(c3cc[nH]c13)C(N1CC[C@H](OCC3CC3)C[C@H]1c1ccc(C(=O)O)cc1)CCO2. The van der Waals surface area contributed by atoms with Crippen LogP contribution in [-0.2, 0) is 4.74 Å². The molecule has 1 unspecified atom stereocenters. The second-order valence-corrected chi connectivity index (χ2v) is 10.1. The average molecular weight is 461 g/mol. The van der Waals surface area contributed by atoms with Crippen molar-refractivity contribution in [3.63, 3.8) is 0 Å². The number of aromatic nitrogens is 1. The van der Waals surface area contributed by atoms with Crippen molar-refractivity contribution in [1.82, 2.24) is 9.88 Å². The Morgan fingerprint density at radius 2 is 1.97 bits per heavy atom. The first-order valence-corrected chi connectivity index (χ1v) is 12.5. The van der Waals surface area contributed by atoms with E-state index in [2.05, 4.69) is 28.9 Å². The van der Waals surface area contributed by atoms with Crippen molar-refractivity contribution in [2.24, 2.45) is 5.92 Å². The molecule has 0 spiro atoms. The molecule has 2 fully saturated rings. The number of aryl methyl sites for hydroxylation is 1. The number of ether oxygens (including phenoxy) is 2. The summed E-state index contributed by atoms with van der Waals surface area (Å²) in [7, 11) is 0. The predicted molar refractivity (Wildman–Crippen MR) is 130 cm³/mol. The van der Waals surface area contributed by atoms with Gasteiger partial charge in [-0.05, 0) is 73.9 Å². The molecule has 3 heterocycles. The smallest absolute Gasteiger partial charge is 0.335 e. The molecule has 3 aromatic rings. The van der Waals surface area contributed by atoms with E-state index in [1.807, 2.05) is 18.3 Å². The van der Waals surface area contributed by atoms with Crippen LogP contribution in [0.15, 0.2) is 42.6 Å². The van der Waals surface area contributed by atoms with Crippen LogP contribution in [0.4, 0.5) is 0 Å². The van der Waals surface area contributed by atoms with Gasteiger partial charge >= 0.3 is 5.97 Å². The monoisotopic (exact) mass is 460 g/mol. The van der Waals surface area contributed by atoms with E-state index in [9.17, 15) is 9.90 Å². The Morgan fingerprint density at radius 1 is 1.15 bits per heavy atom. The van der Waals surface area contributed by atoms with Crippen molar-refractivity contribution in [3.05, 3.63) is 64.8 Å². The summed E-state index contributed by atoms with van der Waals surface area (Å²) in [5.74, 6) is 0.855. The minimum atomic E-state index is -0.888. The number of hydrogen-bond donors (Lipinski definition) is 2. The van der Waals surface area contributed by atoms with E-state index in [-0.39, 0.29) is 18.2 Å².